The average molecular weight is 354 g/mol. The summed E-state index contributed by atoms with van der Waals surface area (Å²) in [6.45, 7) is 4.30. The van der Waals surface area contributed by atoms with Crippen LogP contribution in [0.4, 0.5) is 0 Å². The number of likely N-dealkylation sites (tertiary alicyclic amines) is 1. The summed E-state index contributed by atoms with van der Waals surface area (Å²) in [5.74, 6) is 0.191. The molecule has 6 heteroatoms. The largest absolute Gasteiger partial charge is 0.491 e. The molecule has 2 heterocycles. The van der Waals surface area contributed by atoms with E-state index in [0.29, 0.717) is 29.3 Å². The fraction of sp³-hybridized carbons (Fsp3) is 0.611. The van der Waals surface area contributed by atoms with Crippen molar-refractivity contribution in [3.63, 3.8) is 0 Å². The molecule has 2 aliphatic rings. The molecule has 2 atom stereocenters. The number of halogens is 1. The van der Waals surface area contributed by atoms with Crippen molar-refractivity contribution >= 4 is 17.6 Å². The second kappa shape index (κ2) is 8.19. The van der Waals surface area contributed by atoms with Gasteiger partial charge >= 0.3 is 5.97 Å². The zero-order valence-corrected chi connectivity index (χ0v) is 14.5. The normalized spacial score (nSPS) is 24.9. The molecule has 0 saturated carbocycles. The van der Waals surface area contributed by atoms with Crippen molar-refractivity contribution in [1.82, 2.24) is 4.90 Å². The Balaban J connectivity index is 1.51. The molecule has 5 nitrogen and oxygen atoms in total. The molecule has 2 aliphatic heterocycles. The van der Waals surface area contributed by atoms with E-state index in [9.17, 15) is 4.79 Å². The maximum atomic E-state index is 10.9. The number of carbonyl (C=O) groups is 1. The molecule has 132 valence electrons. The SMILES string of the molecule is O=C(O)c1ccc(OCCN2CCCC2C2CCCOC2)c(Cl)c1. The summed E-state index contributed by atoms with van der Waals surface area (Å²) >= 11 is 6.10. The molecule has 0 radical (unpaired) electrons. The summed E-state index contributed by atoms with van der Waals surface area (Å²) in [6.07, 6.45) is 4.89. The van der Waals surface area contributed by atoms with E-state index in [1.807, 2.05) is 0 Å². The van der Waals surface area contributed by atoms with Gasteiger partial charge in [0, 0.05) is 19.2 Å². The van der Waals surface area contributed by atoms with Crippen LogP contribution in [-0.4, -0.2) is 54.9 Å². The Morgan fingerprint density at radius 1 is 1.38 bits per heavy atom. The van der Waals surface area contributed by atoms with Gasteiger partial charge in [0.2, 0.25) is 0 Å². The third kappa shape index (κ3) is 4.21. The topological polar surface area (TPSA) is 59.0 Å². The molecule has 0 aromatic heterocycles. The lowest BCUT2D eigenvalue weighted by molar-refractivity contribution is 0.0175. The summed E-state index contributed by atoms with van der Waals surface area (Å²) in [5, 5.41) is 9.30. The van der Waals surface area contributed by atoms with Crippen molar-refractivity contribution in [1.29, 1.82) is 0 Å². The van der Waals surface area contributed by atoms with Crippen LogP contribution >= 0.6 is 11.6 Å². The first-order chi connectivity index (χ1) is 11.6. The van der Waals surface area contributed by atoms with Crippen molar-refractivity contribution in [3.05, 3.63) is 28.8 Å². The van der Waals surface area contributed by atoms with Crippen LogP contribution < -0.4 is 4.74 Å². The summed E-state index contributed by atoms with van der Waals surface area (Å²) in [6, 6.07) is 5.17. The fourth-order valence-corrected chi connectivity index (χ4v) is 3.99. The van der Waals surface area contributed by atoms with Gasteiger partial charge in [-0.3, -0.25) is 4.90 Å². The number of hydrogen-bond donors (Lipinski definition) is 1. The van der Waals surface area contributed by atoms with Crippen LogP contribution in [0.3, 0.4) is 0 Å². The molecule has 0 bridgehead atoms. The Morgan fingerprint density at radius 2 is 2.25 bits per heavy atom. The van der Waals surface area contributed by atoms with Gasteiger partial charge in [0.1, 0.15) is 12.4 Å². The van der Waals surface area contributed by atoms with Crippen molar-refractivity contribution in [3.8, 4) is 5.75 Å². The number of aromatic carboxylic acids is 1. The second-order valence-electron chi connectivity index (χ2n) is 6.52. The maximum Gasteiger partial charge on any atom is 0.335 e. The predicted molar refractivity (Wildman–Crippen MR) is 92.0 cm³/mol. The molecule has 0 amide bonds. The Morgan fingerprint density at radius 3 is 2.96 bits per heavy atom. The minimum Gasteiger partial charge on any atom is -0.491 e. The second-order valence-corrected chi connectivity index (χ2v) is 6.93. The summed E-state index contributed by atoms with van der Waals surface area (Å²) in [5.41, 5.74) is 0.171. The zero-order valence-electron chi connectivity index (χ0n) is 13.7. The Kier molecular flexibility index (Phi) is 5.98. The monoisotopic (exact) mass is 353 g/mol. The molecule has 24 heavy (non-hydrogen) atoms. The number of carboxylic acids is 1. The van der Waals surface area contributed by atoms with Crippen LogP contribution in [0.1, 0.15) is 36.0 Å². The summed E-state index contributed by atoms with van der Waals surface area (Å²) in [7, 11) is 0. The van der Waals surface area contributed by atoms with Gasteiger partial charge in [-0.05, 0) is 56.3 Å². The van der Waals surface area contributed by atoms with E-state index < -0.39 is 5.97 Å². The standard InChI is InChI=1S/C18H24ClNO4/c19-15-11-13(18(21)22)5-6-17(15)24-10-8-20-7-1-4-16(20)14-3-2-9-23-12-14/h5-6,11,14,16H,1-4,7-10,12H2,(H,21,22). The van der Waals surface area contributed by atoms with E-state index in [-0.39, 0.29) is 5.56 Å². The van der Waals surface area contributed by atoms with Gasteiger partial charge in [0.15, 0.2) is 0 Å². The van der Waals surface area contributed by atoms with Crippen LogP contribution in [-0.2, 0) is 4.74 Å². The van der Waals surface area contributed by atoms with Gasteiger partial charge < -0.3 is 14.6 Å². The number of benzene rings is 1. The number of ether oxygens (including phenoxy) is 2. The van der Waals surface area contributed by atoms with Gasteiger partial charge in [0.05, 0.1) is 17.2 Å². The molecule has 2 unspecified atom stereocenters. The summed E-state index contributed by atoms with van der Waals surface area (Å²) in [4.78, 5) is 13.4. The van der Waals surface area contributed by atoms with Crippen molar-refractivity contribution in [2.45, 2.75) is 31.7 Å². The molecule has 2 saturated heterocycles. The van der Waals surface area contributed by atoms with Crippen LogP contribution in [0, 0.1) is 5.92 Å². The van der Waals surface area contributed by atoms with Crippen molar-refractivity contribution in [2.24, 2.45) is 5.92 Å². The smallest absolute Gasteiger partial charge is 0.335 e. The van der Waals surface area contributed by atoms with Gasteiger partial charge in [-0.2, -0.15) is 0 Å². The van der Waals surface area contributed by atoms with E-state index >= 15 is 0 Å². The fourth-order valence-electron chi connectivity index (χ4n) is 3.76. The third-order valence-electron chi connectivity index (χ3n) is 4.97. The molecule has 1 aromatic carbocycles. The minimum atomic E-state index is -0.988. The first-order valence-electron chi connectivity index (χ1n) is 8.62. The lowest BCUT2D eigenvalue weighted by atomic mass is 9.92. The lowest BCUT2D eigenvalue weighted by Crippen LogP contribution is -2.41. The first-order valence-corrected chi connectivity index (χ1v) is 9.00. The maximum absolute atomic E-state index is 10.9. The predicted octanol–water partition coefficient (Wildman–Crippen LogP) is 3.31. The molecule has 0 spiro atoms. The van der Waals surface area contributed by atoms with Crippen molar-refractivity contribution < 1.29 is 19.4 Å². The highest BCUT2D eigenvalue weighted by Gasteiger charge is 2.32. The van der Waals surface area contributed by atoms with E-state index in [1.54, 1.807) is 6.07 Å². The number of carboxylic acid groups (broad SMARTS) is 1. The lowest BCUT2D eigenvalue weighted by Gasteiger charge is -2.33. The van der Waals surface area contributed by atoms with Crippen molar-refractivity contribution in [2.75, 3.05) is 32.9 Å². The molecular weight excluding hydrogens is 330 g/mol. The quantitative estimate of drug-likeness (QED) is 0.850. The molecule has 3 rings (SSSR count). The highest BCUT2D eigenvalue weighted by atomic mass is 35.5. The highest BCUT2D eigenvalue weighted by molar-refractivity contribution is 6.32. The Bertz CT molecular complexity index is 574. The van der Waals surface area contributed by atoms with E-state index in [4.69, 9.17) is 26.2 Å². The van der Waals surface area contributed by atoms with Gasteiger partial charge in [0.25, 0.3) is 0 Å². The van der Waals surface area contributed by atoms with E-state index in [2.05, 4.69) is 4.90 Å². The Hall–Kier alpha value is -1.30. The van der Waals surface area contributed by atoms with Gasteiger partial charge in [-0.25, -0.2) is 4.79 Å². The summed E-state index contributed by atoms with van der Waals surface area (Å²) < 4.78 is 11.4. The molecule has 1 N–H and O–H groups in total. The zero-order chi connectivity index (χ0) is 16.9. The molecular formula is C18H24ClNO4. The first kappa shape index (κ1) is 17.5. The molecule has 0 aliphatic carbocycles. The van der Waals surface area contributed by atoms with Crippen LogP contribution in [0.25, 0.3) is 0 Å². The van der Waals surface area contributed by atoms with E-state index in [1.165, 1.54) is 31.4 Å². The molecule has 2 fully saturated rings. The minimum absolute atomic E-state index is 0.171. The number of rotatable bonds is 6. The Labute approximate surface area is 147 Å². The van der Waals surface area contributed by atoms with Crippen LogP contribution in [0.5, 0.6) is 5.75 Å². The van der Waals surface area contributed by atoms with Gasteiger partial charge in [-0.15, -0.1) is 0 Å². The highest BCUT2D eigenvalue weighted by Crippen LogP contribution is 2.30. The average Bonchev–Trinajstić information content (AvgIpc) is 3.05. The molecule has 1 aromatic rings. The van der Waals surface area contributed by atoms with Crippen LogP contribution in [0.2, 0.25) is 5.02 Å². The number of nitrogens with zero attached hydrogens (tertiary/aromatic N) is 1. The van der Waals surface area contributed by atoms with Gasteiger partial charge in [-0.1, -0.05) is 11.6 Å². The van der Waals surface area contributed by atoms with E-state index in [0.717, 1.165) is 32.7 Å². The number of hydrogen-bond acceptors (Lipinski definition) is 4. The van der Waals surface area contributed by atoms with Crippen LogP contribution in [0.15, 0.2) is 18.2 Å². The third-order valence-corrected chi connectivity index (χ3v) is 5.26.